The van der Waals surface area contributed by atoms with E-state index in [2.05, 4.69) is 39.5 Å². The summed E-state index contributed by atoms with van der Waals surface area (Å²) in [5.74, 6) is 0.798. The lowest BCUT2D eigenvalue weighted by Gasteiger charge is -2.22. The van der Waals surface area contributed by atoms with E-state index in [0.717, 1.165) is 12.3 Å². The Morgan fingerprint density at radius 1 is 1.42 bits per heavy atom. The van der Waals surface area contributed by atoms with Gasteiger partial charge in [-0.1, -0.05) is 45.1 Å². The molecule has 0 aromatic carbocycles. The summed E-state index contributed by atoms with van der Waals surface area (Å²) in [5.41, 5.74) is 2.26. The van der Waals surface area contributed by atoms with E-state index in [4.69, 9.17) is 0 Å². The highest BCUT2D eigenvalue weighted by Crippen LogP contribution is 2.61. The molecule has 2 aliphatic carbocycles. The molecular weight excluding hydrogens is 144 g/mol. The molecule has 0 bridgehead atoms. The Labute approximate surface area is 75.4 Å². The number of hydrogen-bond acceptors (Lipinski definition) is 0. The second kappa shape index (κ2) is 2.04. The summed E-state index contributed by atoms with van der Waals surface area (Å²) in [5, 5.41) is 0. The lowest BCUT2D eigenvalue weighted by molar-refractivity contribution is 0.450. The fraction of sp³-hybridized carbons (Fsp3) is 0.667. The molecule has 0 amide bonds. The van der Waals surface area contributed by atoms with Gasteiger partial charge in [-0.15, -0.1) is 0 Å². The molecular formula is C12H18. The Morgan fingerprint density at radius 2 is 2.08 bits per heavy atom. The van der Waals surface area contributed by atoms with Crippen LogP contribution in [0, 0.1) is 16.7 Å². The summed E-state index contributed by atoms with van der Waals surface area (Å²) < 4.78 is 0. The molecule has 0 spiro atoms. The largest absolute Gasteiger partial charge is 0.0993 e. The van der Waals surface area contributed by atoms with E-state index < -0.39 is 0 Å². The van der Waals surface area contributed by atoms with Crippen molar-refractivity contribution < 1.29 is 0 Å². The molecule has 2 atom stereocenters. The minimum Gasteiger partial charge on any atom is -0.0993 e. The van der Waals surface area contributed by atoms with Crippen LogP contribution in [-0.2, 0) is 0 Å². The molecule has 0 heterocycles. The van der Waals surface area contributed by atoms with Crippen LogP contribution < -0.4 is 0 Å². The second-order valence-corrected chi connectivity index (χ2v) is 5.36. The van der Waals surface area contributed by atoms with Gasteiger partial charge < -0.3 is 0 Å². The van der Waals surface area contributed by atoms with Crippen LogP contribution in [0.25, 0.3) is 0 Å². The Bertz CT molecular complexity index is 257. The highest BCUT2D eigenvalue weighted by Gasteiger charge is 2.52. The number of fused-ring (bicyclic) bond motifs is 1. The van der Waals surface area contributed by atoms with Gasteiger partial charge in [-0.3, -0.25) is 0 Å². The first kappa shape index (κ1) is 8.10. The summed E-state index contributed by atoms with van der Waals surface area (Å²) in [6.45, 7) is 11.2. The second-order valence-electron chi connectivity index (χ2n) is 5.36. The van der Waals surface area contributed by atoms with Gasteiger partial charge in [-0.05, 0) is 29.6 Å². The fourth-order valence-electron chi connectivity index (χ4n) is 2.27. The van der Waals surface area contributed by atoms with Crippen molar-refractivity contribution in [3.05, 3.63) is 24.3 Å². The molecule has 0 unspecified atom stereocenters. The van der Waals surface area contributed by atoms with Crippen molar-refractivity contribution in [3.63, 3.8) is 0 Å². The number of allylic oxidation sites excluding steroid dienone is 3. The van der Waals surface area contributed by atoms with E-state index in [9.17, 15) is 0 Å². The monoisotopic (exact) mass is 162 g/mol. The zero-order valence-corrected chi connectivity index (χ0v) is 8.35. The van der Waals surface area contributed by atoms with E-state index in [-0.39, 0.29) is 0 Å². The quantitative estimate of drug-likeness (QED) is 0.478. The highest BCUT2D eigenvalue weighted by atomic mass is 14.6. The molecule has 0 aliphatic heterocycles. The molecule has 2 rings (SSSR count). The number of rotatable bonds is 0. The minimum absolute atomic E-state index is 0.341. The molecule has 0 heteroatoms. The Balaban J connectivity index is 2.29. The van der Waals surface area contributed by atoms with E-state index in [1.54, 1.807) is 0 Å². The topological polar surface area (TPSA) is 0 Å². The molecule has 0 N–H and O–H groups in total. The smallest absolute Gasteiger partial charge is 0.00498 e. The van der Waals surface area contributed by atoms with Crippen LogP contribution >= 0.6 is 0 Å². The lowest BCUT2D eigenvalue weighted by atomic mass is 9.82. The Morgan fingerprint density at radius 3 is 2.75 bits per heavy atom. The predicted octanol–water partition coefficient (Wildman–Crippen LogP) is 3.55. The third-order valence-electron chi connectivity index (χ3n) is 3.56. The molecule has 0 aromatic rings. The fourth-order valence-corrected chi connectivity index (χ4v) is 2.27. The highest BCUT2D eigenvalue weighted by molar-refractivity contribution is 5.30. The zero-order valence-electron chi connectivity index (χ0n) is 8.35. The van der Waals surface area contributed by atoms with Gasteiger partial charge in [0.05, 0.1) is 0 Å². The predicted molar refractivity (Wildman–Crippen MR) is 52.9 cm³/mol. The summed E-state index contributed by atoms with van der Waals surface area (Å²) in [6.07, 6.45) is 7.27. The molecule has 0 aromatic heterocycles. The molecule has 12 heavy (non-hydrogen) atoms. The van der Waals surface area contributed by atoms with Crippen LogP contribution in [0.5, 0.6) is 0 Å². The van der Waals surface area contributed by atoms with Crippen molar-refractivity contribution in [1.82, 2.24) is 0 Å². The van der Waals surface area contributed by atoms with Crippen molar-refractivity contribution in [2.24, 2.45) is 16.7 Å². The summed E-state index contributed by atoms with van der Waals surface area (Å²) >= 11 is 0. The molecule has 0 nitrogen and oxygen atoms in total. The first-order valence-corrected chi connectivity index (χ1v) is 4.82. The number of hydrogen-bond donors (Lipinski definition) is 0. The standard InChI is InChI=1S/C12H18/c1-9-7-11(2,3)6-5-10-8-12(9,10)4/h5-6,10H,1,7-8H2,2-4H3/t10-,12+/m1/s1. The molecule has 1 fully saturated rings. The zero-order chi connectivity index (χ0) is 8.98. The average molecular weight is 162 g/mol. The molecule has 2 aliphatic rings. The maximum atomic E-state index is 4.22. The molecule has 0 radical (unpaired) electrons. The van der Waals surface area contributed by atoms with E-state index in [1.807, 2.05) is 0 Å². The van der Waals surface area contributed by atoms with Crippen molar-refractivity contribution in [3.8, 4) is 0 Å². The third-order valence-corrected chi connectivity index (χ3v) is 3.56. The summed E-state index contributed by atoms with van der Waals surface area (Å²) in [7, 11) is 0. The van der Waals surface area contributed by atoms with Gasteiger partial charge in [0.15, 0.2) is 0 Å². The van der Waals surface area contributed by atoms with Gasteiger partial charge in [-0.2, -0.15) is 0 Å². The van der Waals surface area contributed by atoms with Crippen LogP contribution in [-0.4, -0.2) is 0 Å². The van der Waals surface area contributed by atoms with E-state index in [1.165, 1.54) is 12.0 Å². The van der Waals surface area contributed by atoms with E-state index >= 15 is 0 Å². The van der Waals surface area contributed by atoms with Crippen LogP contribution in [0.4, 0.5) is 0 Å². The average Bonchev–Trinajstić information content (AvgIpc) is 2.58. The van der Waals surface area contributed by atoms with Gasteiger partial charge in [0.2, 0.25) is 0 Å². The van der Waals surface area contributed by atoms with Crippen LogP contribution in [0.15, 0.2) is 24.3 Å². The first-order chi connectivity index (χ1) is 5.44. The van der Waals surface area contributed by atoms with Gasteiger partial charge in [0.1, 0.15) is 0 Å². The van der Waals surface area contributed by atoms with Crippen LogP contribution in [0.2, 0.25) is 0 Å². The van der Waals surface area contributed by atoms with Gasteiger partial charge in [0, 0.05) is 0 Å². The minimum atomic E-state index is 0.341. The van der Waals surface area contributed by atoms with Gasteiger partial charge in [0.25, 0.3) is 0 Å². The summed E-state index contributed by atoms with van der Waals surface area (Å²) in [6, 6.07) is 0. The molecule has 66 valence electrons. The molecule has 1 saturated carbocycles. The van der Waals surface area contributed by atoms with Crippen molar-refractivity contribution in [1.29, 1.82) is 0 Å². The van der Waals surface area contributed by atoms with Crippen LogP contribution in [0.1, 0.15) is 33.6 Å². The summed E-state index contributed by atoms with van der Waals surface area (Å²) in [4.78, 5) is 0. The van der Waals surface area contributed by atoms with Gasteiger partial charge >= 0.3 is 0 Å². The molecule has 0 saturated heterocycles. The normalized spacial score (nSPS) is 43.6. The van der Waals surface area contributed by atoms with Crippen LogP contribution in [0.3, 0.4) is 0 Å². The Kier molecular flexibility index (Phi) is 1.38. The van der Waals surface area contributed by atoms with Crippen molar-refractivity contribution >= 4 is 0 Å². The van der Waals surface area contributed by atoms with E-state index in [0.29, 0.717) is 10.8 Å². The third kappa shape index (κ3) is 1.05. The van der Waals surface area contributed by atoms with Crippen molar-refractivity contribution in [2.45, 2.75) is 33.6 Å². The maximum Gasteiger partial charge on any atom is -0.00498 e. The first-order valence-electron chi connectivity index (χ1n) is 4.82. The van der Waals surface area contributed by atoms with Gasteiger partial charge in [-0.25, -0.2) is 0 Å². The lowest BCUT2D eigenvalue weighted by Crippen LogP contribution is -2.10. The SMILES string of the molecule is C=C1CC(C)(C)C=C[C@@H]2C[C@@]12C. The Hall–Kier alpha value is -0.520. The van der Waals surface area contributed by atoms with Crippen molar-refractivity contribution in [2.75, 3.05) is 0 Å². The maximum absolute atomic E-state index is 4.22.